The molecule has 0 radical (unpaired) electrons. The topological polar surface area (TPSA) is 12.0 Å². The van der Waals surface area contributed by atoms with E-state index in [1.165, 1.54) is 11.1 Å². The van der Waals surface area contributed by atoms with Crippen LogP contribution in [0.1, 0.15) is 11.1 Å². The SMILES string of the molecule is CNCC(Cc1ccccc1Cl)Cc1ccc(Br)cc1Cl. The number of rotatable bonds is 6. The zero-order chi connectivity index (χ0) is 15.2. The maximum atomic E-state index is 6.33. The minimum absolute atomic E-state index is 0.452. The maximum Gasteiger partial charge on any atom is 0.0449 e. The zero-order valence-electron chi connectivity index (χ0n) is 11.9. The van der Waals surface area contributed by atoms with E-state index in [1.54, 1.807) is 0 Å². The number of nitrogens with one attached hydrogen (secondary N) is 1. The molecular weight excluding hydrogens is 369 g/mol. The lowest BCUT2D eigenvalue weighted by molar-refractivity contribution is 0.493. The molecule has 112 valence electrons. The van der Waals surface area contributed by atoms with Crippen LogP contribution < -0.4 is 5.32 Å². The van der Waals surface area contributed by atoms with E-state index in [2.05, 4.69) is 33.4 Å². The third kappa shape index (κ3) is 5.00. The number of benzene rings is 2. The second-order valence-electron chi connectivity index (χ2n) is 5.16. The molecule has 0 bridgehead atoms. The molecule has 1 atom stereocenters. The Morgan fingerprint density at radius 1 is 1.00 bits per heavy atom. The maximum absolute atomic E-state index is 6.33. The molecule has 0 spiro atoms. The van der Waals surface area contributed by atoms with Gasteiger partial charge in [0.2, 0.25) is 0 Å². The monoisotopic (exact) mass is 385 g/mol. The number of hydrogen-bond acceptors (Lipinski definition) is 1. The van der Waals surface area contributed by atoms with Gasteiger partial charge in [0.05, 0.1) is 0 Å². The molecule has 4 heteroatoms. The van der Waals surface area contributed by atoms with Crippen LogP contribution in [-0.4, -0.2) is 13.6 Å². The van der Waals surface area contributed by atoms with Crippen molar-refractivity contribution in [3.63, 3.8) is 0 Å². The van der Waals surface area contributed by atoms with Gasteiger partial charge < -0.3 is 5.32 Å². The molecule has 0 heterocycles. The molecule has 21 heavy (non-hydrogen) atoms. The van der Waals surface area contributed by atoms with Crippen LogP contribution in [0, 0.1) is 5.92 Å². The smallest absolute Gasteiger partial charge is 0.0449 e. The molecule has 0 aliphatic heterocycles. The molecule has 0 amide bonds. The molecule has 0 fully saturated rings. The minimum Gasteiger partial charge on any atom is -0.319 e. The molecule has 1 unspecified atom stereocenters. The van der Waals surface area contributed by atoms with E-state index in [0.29, 0.717) is 5.92 Å². The Labute approximate surface area is 144 Å². The Bertz CT molecular complexity index is 601. The van der Waals surface area contributed by atoms with Crippen molar-refractivity contribution in [2.75, 3.05) is 13.6 Å². The van der Waals surface area contributed by atoms with Gasteiger partial charge in [0, 0.05) is 14.5 Å². The first kappa shape index (κ1) is 16.8. The molecule has 0 aliphatic rings. The Morgan fingerprint density at radius 2 is 1.67 bits per heavy atom. The summed E-state index contributed by atoms with van der Waals surface area (Å²) in [5.74, 6) is 0.452. The summed E-state index contributed by atoms with van der Waals surface area (Å²) < 4.78 is 1.01. The van der Waals surface area contributed by atoms with E-state index in [-0.39, 0.29) is 0 Å². The van der Waals surface area contributed by atoms with Crippen molar-refractivity contribution in [2.24, 2.45) is 5.92 Å². The average molecular weight is 387 g/mol. The van der Waals surface area contributed by atoms with Gasteiger partial charge in [-0.05, 0) is 61.7 Å². The highest BCUT2D eigenvalue weighted by molar-refractivity contribution is 9.10. The van der Waals surface area contributed by atoms with Gasteiger partial charge in [0.15, 0.2) is 0 Å². The average Bonchev–Trinajstić information content (AvgIpc) is 2.44. The molecule has 0 saturated heterocycles. The summed E-state index contributed by atoms with van der Waals surface area (Å²) in [6.45, 7) is 0.928. The summed E-state index contributed by atoms with van der Waals surface area (Å²) in [4.78, 5) is 0. The van der Waals surface area contributed by atoms with E-state index >= 15 is 0 Å². The second-order valence-corrected chi connectivity index (χ2v) is 6.89. The fraction of sp³-hybridized carbons (Fsp3) is 0.294. The molecule has 2 rings (SSSR count). The van der Waals surface area contributed by atoms with Crippen molar-refractivity contribution < 1.29 is 0 Å². The fourth-order valence-corrected chi connectivity index (χ4v) is 3.44. The van der Waals surface area contributed by atoms with Crippen LogP contribution in [0.4, 0.5) is 0 Å². The van der Waals surface area contributed by atoms with Gasteiger partial charge in [-0.15, -0.1) is 0 Å². The lowest BCUT2D eigenvalue weighted by atomic mass is 9.92. The van der Waals surface area contributed by atoms with Crippen molar-refractivity contribution in [1.29, 1.82) is 0 Å². The first-order valence-electron chi connectivity index (χ1n) is 6.92. The van der Waals surface area contributed by atoms with Crippen LogP contribution in [0.5, 0.6) is 0 Å². The van der Waals surface area contributed by atoms with Crippen LogP contribution in [-0.2, 0) is 12.8 Å². The fourth-order valence-electron chi connectivity index (χ4n) is 2.48. The summed E-state index contributed by atoms with van der Waals surface area (Å²) >= 11 is 16.0. The van der Waals surface area contributed by atoms with Gasteiger partial charge in [0.25, 0.3) is 0 Å². The number of hydrogen-bond donors (Lipinski definition) is 1. The standard InChI is InChI=1S/C17H18BrCl2N/c1-21-11-12(8-13-4-2-3-5-16(13)19)9-14-6-7-15(18)10-17(14)20/h2-7,10,12,21H,8-9,11H2,1H3. The third-order valence-electron chi connectivity index (χ3n) is 3.48. The highest BCUT2D eigenvalue weighted by Gasteiger charge is 2.14. The van der Waals surface area contributed by atoms with Gasteiger partial charge in [-0.1, -0.05) is 63.4 Å². The van der Waals surface area contributed by atoms with Gasteiger partial charge in [-0.2, -0.15) is 0 Å². The highest BCUT2D eigenvalue weighted by Crippen LogP contribution is 2.26. The van der Waals surface area contributed by atoms with Crippen LogP contribution in [0.2, 0.25) is 10.0 Å². The quantitative estimate of drug-likeness (QED) is 0.702. The summed E-state index contributed by atoms with van der Waals surface area (Å²) in [6, 6.07) is 14.1. The van der Waals surface area contributed by atoms with Gasteiger partial charge in [0.1, 0.15) is 0 Å². The van der Waals surface area contributed by atoms with Crippen molar-refractivity contribution >= 4 is 39.1 Å². The molecule has 1 nitrogen and oxygen atoms in total. The first-order chi connectivity index (χ1) is 10.1. The second kappa shape index (κ2) is 8.19. The normalized spacial score (nSPS) is 12.4. The summed E-state index contributed by atoms with van der Waals surface area (Å²) in [5.41, 5.74) is 2.36. The Kier molecular flexibility index (Phi) is 6.56. The van der Waals surface area contributed by atoms with E-state index in [9.17, 15) is 0 Å². The van der Waals surface area contributed by atoms with Crippen molar-refractivity contribution in [1.82, 2.24) is 5.32 Å². The van der Waals surface area contributed by atoms with Crippen LogP contribution in [0.15, 0.2) is 46.9 Å². The zero-order valence-corrected chi connectivity index (χ0v) is 15.0. The molecule has 1 N–H and O–H groups in total. The lowest BCUT2D eigenvalue weighted by Gasteiger charge is -2.18. The molecule has 2 aromatic rings. The minimum atomic E-state index is 0.452. The molecule has 0 aromatic heterocycles. The van der Waals surface area contributed by atoms with E-state index in [1.807, 2.05) is 37.4 Å². The van der Waals surface area contributed by atoms with E-state index < -0.39 is 0 Å². The van der Waals surface area contributed by atoms with Crippen LogP contribution in [0.25, 0.3) is 0 Å². The van der Waals surface area contributed by atoms with E-state index in [4.69, 9.17) is 23.2 Å². The Hall–Kier alpha value is -0.540. The van der Waals surface area contributed by atoms with Gasteiger partial charge >= 0.3 is 0 Å². The van der Waals surface area contributed by atoms with E-state index in [0.717, 1.165) is 33.9 Å². The summed E-state index contributed by atoms with van der Waals surface area (Å²) in [7, 11) is 1.97. The Balaban J connectivity index is 2.14. The lowest BCUT2D eigenvalue weighted by Crippen LogP contribution is -2.23. The third-order valence-corrected chi connectivity index (χ3v) is 4.70. The Morgan fingerprint density at radius 3 is 2.29 bits per heavy atom. The summed E-state index contributed by atoms with van der Waals surface area (Å²) in [6.07, 6.45) is 1.87. The first-order valence-corrected chi connectivity index (χ1v) is 8.47. The van der Waals surface area contributed by atoms with Crippen molar-refractivity contribution in [2.45, 2.75) is 12.8 Å². The molecule has 2 aromatic carbocycles. The molecule has 0 aliphatic carbocycles. The van der Waals surface area contributed by atoms with Gasteiger partial charge in [-0.3, -0.25) is 0 Å². The predicted molar refractivity (Wildman–Crippen MR) is 95.4 cm³/mol. The summed E-state index contributed by atoms with van der Waals surface area (Å²) in [5, 5.41) is 4.91. The molecular formula is C17H18BrCl2N. The number of halogens is 3. The molecule has 0 saturated carbocycles. The largest absolute Gasteiger partial charge is 0.319 e. The highest BCUT2D eigenvalue weighted by atomic mass is 79.9. The van der Waals surface area contributed by atoms with Crippen LogP contribution in [0.3, 0.4) is 0 Å². The van der Waals surface area contributed by atoms with Crippen LogP contribution >= 0.6 is 39.1 Å². The van der Waals surface area contributed by atoms with Gasteiger partial charge in [-0.25, -0.2) is 0 Å². The predicted octanol–water partition coefficient (Wildman–Crippen LogP) is 5.38. The van der Waals surface area contributed by atoms with Crippen molar-refractivity contribution in [3.05, 3.63) is 68.1 Å². The van der Waals surface area contributed by atoms with Crippen molar-refractivity contribution in [3.8, 4) is 0 Å².